The molecule has 1 aromatic carbocycles. The molecule has 0 radical (unpaired) electrons. The molecule has 0 spiro atoms. The number of hydrogen-bond acceptors (Lipinski definition) is 4. The first-order valence-corrected chi connectivity index (χ1v) is 9.15. The minimum atomic E-state index is -3.49. The first kappa shape index (κ1) is 16.4. The second-order valence-electron chi connectivity index (χ2n) is 5.36. The molecule has 7 heteroatoms. The van der Waals surface area contributed by atoms with E-state index in [-0.39, 0.29) is 11.0 Å². The summed E-state index contributed by atoms with van der Waals surface area (Å²) in [6, 6.07) is 11.9. The monoisotopic (exact) mass is 352 g/mol. The van der Waals surface area contributed by atoms with Crippen LogP contribution in [0.1, 0.15) is 12.1 Å². The largest absolute Gasteiger partial charge is 0.371 e. The van der Waals surface area contributed by atoms with Gasteiger partial charge < -0.3 is 4.74 Å². The summed E-state index contributed by atoms with van der Waals surface area (Å²) in [7, 11) is -3.49. The molecular weight excluding hydrogens is 336 g/mol. The van der Waals surface area contributed by atoms with Gasteiger partial charge in [-0.2, -0.15) is 4.31 Å². The Balaban J connectivity index is 1.61. The topological polar surface area (TPSA) is 59.5 Å². The molecule has 0 amide bonds. The Bertz CT molecular complexity index is 751. The van der Waals surface area contributed by atoms with Crippen molar-refractivity contribution in [2.45, 2.75) is 24.0 Å². The molecule has 2 aromatic rings. The van der Waals surface area contributed by atoms with Crippen LogP contribution in [0.4, 0.5) is 0 Å². The van der Waals surface area contributed by atoms with E-state index in [9.17, 15) is 8.42 Å². The van der Waals surface area contributed by atoms with Crippen LogP contribution in [0.3, 0.4) is 0 Å². The third-order valence-electron chi connectivity index (χ3n) is 3.75. The van der Waals surface area contributed by atoms with Gasteiger partial charge in [-0.25, -0.2) is 8.42 Å². The van der Waals surface area contributed by atoms with Crippen LogP contribution < -0.4 is 0 Å². The Labute approximate surface area is 140 Å². The molecule has 1 fully saturated rings. The second-order valence-corrected chi connectivity index (χ2v) is 7.73. The van der Waals surface area contributed by atoms with Crippen LogP contribution in [-0.4, -0.2) is 36.9 Å². The zero-order valence-corrected chi connectivity index (χ0v) is 14.0. The quantitative estimate of drug-likeness (QED) is 0.830. The van der Waals surface area contributed by atoms with Gasteiger partial charge in [-0.15, -0.1) is 0 Å². The number of sulfonamides is 1. The van der Waals surface area contributed by atoms with E-state index in [1.54, 1.807) is 18.3 Å². The molecule has 1 aliphatic heterocycles. The number of aromatic nitrogens is 1. The van der Waals surface area contributed by atoms with Crippen molar-refractivity contribution in [3.63, 3.8) is 0 Å². The summed E-state index contributed by atoms with van der Waals surface area (Å²) in [6.07, 6.45) is 2.28. The molecule has 0 aliphatic carbocycles. The van der Waals surface area contributed by atoms with Crippen molar-refractivity contribution >= 4 is 21.6 Å². The van der Waals surface area contributed by atoms with Crippen molar-refractivity contribution in [2.24, 2.45) is 0 Å². The minimum Gasteiger partial charge on any atom is -0.371 e. The van der Waals surface area contributed by atoms with Gasteiger partial charge >= 0.3 is 0 Å². The molecule has 1 unspecified atom stereocenters. The van der Waals surface area contributed by atoms with Crippen LogP contribution in [0.5, 0.6) is 0 Å². The highest BCUT2D eigenvalue weighted by Gasteiger charge is 2.33. The van der Waals surface area contributed by atoms with Gasteiger partial charge in [0, 0.05) is 24.3 Å². The van der Waals surface area contributed by atoms with Crippen molar-refractivity contribution in [2.75, 3.05) is 13.1 Å². The lowest BCUT2D eigenvalue weighted by Crippen LogP contribution is -2.30. The van der Waals surface area contributed by atoms with Crippen molar-refractivity contribution in [3.8, 4) is 0 Å². The van der Waals surface area contributed by atoms with E-state index in [4.69, 9.17) is 16.3 Å². The summed E-state index contributed by atoms with van der Waals surface area (Å²) < 4.78 is 32.4. The van der Waals surface area contributed by atoms with Crippen LogP contribution >= 0.6 is 11.6 Å². The summed E-state index contributed by atoms with van der Waals surface area (Å²) in [5, 5.41) is 0.516. The van der Waals surface area contributed by atoms with Gasteiger partial charge in [0.25, 0.3) is 0 Å². The van der Waals surface area contributed by atoms with Crippen molar-refractivity contribution in [1.29, 1.82) is 0 Å². The minimum absolute atomic E-state index is 0.112. The highest BCUT2D eigenvalue weighted by molar-refractivity contribution is 7.89. The normalized spacial score (nSPS) is 19.1. The highest BCUT2D eigenvalue weighted by Crippen LogP contribution is 2.24. The maximum atomic E-state index is 12.6. The number of ether oxygens (including phenoxy) is 1. The highest BCUT2D eigenvalue weighted by atomic mass is 35.5. The molecule has 1 aliphatic rings. The zero-order valence-electron chi connectivity index (χ0n) is 12.4. The molecule has 122 valence electrons. The SMILES string of the molecule is O=S(=O)(c1ccc(Cl)cc1)N1CCC(OCc2ccccn2)C1. The fourth-order valence-corrected chi connectivity index (χ4v) is 4.11. The Morgan fingerprint density at radius 2 is 2.00 bits per heavy atom. The van der Waals surface area contributed by atoms with Crippen LogP contribution in [0, 0.1) is 0 Å². The van der Waals surface area contributed by atoms with Gasteiger partial charge in [0.2, 0.25) is 10.0 Å². The van der Waals surface area contributed by atoms with E-state index in [1.807, 2.05) is 18.2 Å². The number of halogens is 1. The molecule has 2 heterocycles. The predicted octanol–water partition coefficient (Wildman–Crippen LogP) is 2.71. The predicted molar refractivity (Wildman–Crippen MR) is 87.6 cm³/mol. The third kappa shape index (κ3) is 3.90. The average molecular weight is 353 g/mol. The van der Waals surface area contributed by atoms with E-state index in [0.29, 0.717) is 31.1 Å². The lowest BCUT2D eigenvalue weighted by molar-refractivity contribution is 0.0489. The summed E-state index contributed by atoms with van der Waals surface area (Å²) >= 11 is 5.81. The van der Waals surface area contributed by atoms with Gasteiger partial charge in [-0.3, -0.25) is 4.98 Å². The summed E-state index contributed by atoms with van der Waals surface area (Å²) in [6.45, 7) is 1.20. The van der Waals surface area contributed by atoms with Crippen molar-refractivity contribution in [3.05, 3.63) is 59.4 Å². The first-order chi connectivity index (χ1) is 11.1. The van der Waals surface area contributed by atoms with E-state index in [1.165, 1.54) is 16.4 Å². The third-order valence-corrected chi connectivity index (χ3v) is 5.88. The molecular formula is C16H17ClN2O3S. The van der Waals surface area contributed by atoms with Crippen LogP contribution in [0.25, 0.3) is 0 Å². The maximum absolute atomic E-state index is 12.6. The Morgan fingerprint density at radius 1 is 1.22 bits per heavy atom. The number of nitrogens with zero attached hydrogens (tertiary/aromatic N) is 2. The second kappa shape index (κ2) is 6.97. The number of rotatable bonds is 5. The first-order valence-electron chi connectivity index (χ1n) is 7.33. The molecule has 0 bridgehead atoms. The van der Waals surface area contributed by atoms with Gasteiger partial charge in [0.05, 0.1) is 23.3 Å². The molecule has 0 saturated carbocycles. The van der Waals surface area contributed by atoms with E-state index >= 15 is 0 Å². The lowest BCUT2D eigenvalue weighted by atomic mass is 10.3. The summed E-state index contributed by atoms with van der Waals surface area (Å²) in [5.74, 6) is 0. The molecule has 5 nitrogen and oxygen atoms in total. The Hall–Kier alpha value is -1.47. The average Bonchev–Trinajstić information content (AvgIpc) is 3.04. The molecule has 1 saturated heterocycles. The molecule has 1 aromatic heterocycles. The van der Waals surface area contributed by atoms with Crippen LogP contribution in [-0.2, 0) is 21.4 Å². The van der Waals surface area contributed by atoms with Crippen molar-refractivity contribution in [1.82, 2.24) is 9.29 Å². The molecule has 23 heavy (non-hydrogen) atoms. The number of pyridine rings is 1. The molecule has 0 N–H and O–H groups in total. The number of hydrogen-bond donors (Lipinski definition) is 0. The fourth-order valence-electron chi connectivity index (χ4n) is 2.49. The van der Waals surface area contributed by atoms with E-state index < -0.39 is 10.0 Å². The van der Waals surface area contributed by atoms with Crippen LogP contribution in [0.2, 0.25) is 5.02 Å². The van der Waals surface area contributed by atoms with E-state index in [0.717, 1.165) is 5.69 Å². The van der Waals surface area contributed by atoms with Crippen LogP contribution in [0.15, 0.2) is 53.6 Å². The smallest absolute Gasteiger partial charge is 0.243 e. The van der Waals surface area contributed by atoms with Gasteiger partial charge in [0.1, 0.15) is 0 Å². The number of benzene rings is 1. The van der Waals surface area contributed by atoms with Crippen molar-refractivity contribution < 1.29 is 13.2 Å². The Kier molecular flexibility index (Phi) is 4.96. The lowest BCUT2D eigenvalue weighted by Gasteiger charge is -2.17. The van der Waals surface area contributed by atoms with E-state index in [2.05, 4.69) is 4.98 Å². The maximum Gasteiger partial charge on any atom is 0.243 e. The summed E-state index contributed by atoms with van der Waals surface area (Å²) in [5.41, 5.74) is 0.839. The van der Waals surface area contributed by atoms with Gasteiger partial charge in [0.15, 0.2) is 0 Å². The van der Waals surface area contributed by atoms with Gasteiger partial charge in [-0.1, -0.05) is 17.7 Å². The molecule has 3 rings (SSSR count). The summed E-state index contributed by atoms with van der Waals surface area (Å²) in [4.78, 5) is 4.45. The zero-order chi connectivity index (χ0) is 16.3. The Morgan fingerprint density at radius 3 is 2.70 bits per heavy atom. The van der Waals surface area contributed by atoms with Gasteiger partial charge in [-0.05, 0) is 42.8 Å². The standard InChI is InChI=1S/C16H17ClN2O3S/c17-13-4-6-16(7-5-13)23(20,21)19-10-8-15(11-19)22-12-14-3-1-2-9-18-14/h1-7,9,15H,8,10-12H2. The fraction of sp³-hybridized carbons (Fsp3) is 0.312. The molecule has 1 atom stereocenters.